The molecule has 0 aromatic carbocycles. The fraction of sp³-hybridized carbons (Fsp3) is 0.400. The van der Waals surface area contributed by atoms with Crippen LogP contribution in [0.2, 0.25) is 0 Å². The minimum atomic E-state index is -0.398. The van der Waals surface area contributed by atoms with E-state index in [1.54, 1.807) is 24.3 Å². The molecule has 0 radical (unpaired) electrons. The minimum absolute atomic E-state index is 0.0225. The Labute approximate surface area is 163 Å². The number of carbonyl (C=O) groups is 2. The standard InChI is InChI=1S/C20H24N2O6/c1-5-25-17-7-15(11-27-13(3)23)21-19(9-17)20-10-18(26-6-2)8-16(22-20)12-28-14(4)24/h7-10H,5-6,11-12H2,1-4H3. The number of aromatic nitrogens is 2. The Hall–Kier alpha value is -3.16. The number of ether oxygens (including phenoxy) is 4. The minimum Gasteiger partial charge on any atom is -0.494 e. The Morgan fingerprint density at radius 2 is 1.14 bits per heavy atom. The highest BCUT2D eigenvalue weighted by atomic mass is 16.5. The van der Waals surface area contributed by atoms with Crippen molar-refractivity contribution in [3.8, 4) is 22.9 Å². The molecule has 0 N–H and O–H groups in total. The van der Waals surface area contributed by atoms with Gasteiger partial charge in [0.25, 0.3) is 0 Å². The van der Waals surface area contributed by atoms with Gasteiger partial charge in [0.2, 0.25) is 0 Å². The van der Waals surface area contributed by atoms with Gasteiger partial charge in [0, 0.05) is 38.1 Å². The Morgan fingerprint density at radius 3 is 1.46 bits per heavy atom. The predicted molar refractivity (Wildman–Crippen MR) is 101 cm³/mol. The second kappa shape index (κ2) is 10.2. The zero-order chi connectivity index (χ0) is 20.5. The van der Waals surface area contributed by atoms with Crippen molar-refractivity contribution in [2.45, 2.75) is 40.9 Å². The fourth-order valence-corrected chi connectivity index (χ4v) is 2.38. The molecule has 0 saturated heterocycles. The predicted octanol–water partition coefficient (Wildman–Crippen LogP) is 3.07. The summed E-state index contributed by atoms with van der Waals surface area (Å²) in [6, 6.07) is 6.91. The molecule has 0 atom stereocenters. The third-order valence-corrected chi connectivity index (χ3v) is 3.43. The van der Waals surface area contributed by atoms with E-state index in [1.807, 2.05) is 13.8 Å². The van der Waals surface area contributed by atoms with Crippen molar-refractivity contribution in [3.05, 3.63) is 35.7 Å². The average molecular weight is 388 g/mol. The van der Waals surface area contributed by atoms with E-state index in [2.05, 4.69) is 9.97 Å². The van der Waals surface area contributed by atoms with Gasteiger partial charge in [0.15, 0.2) is 0 Å². The molecule has 2 rings (SSSR count). The van der Waals surface area contributed by atoms with E-state index in [-0.39, 0.29) is 13.2 Å². The summed E-state index contributed by atoms with van der Waals surface area (Å²) < 4.78 is 21.3. The third kappa shape index (κ3) is 6.53. The molecule has 28 heavy (non-hydrogen) atoms. The molecular formula is C20H24N2O6. The molecule has 2 heterocycles. The van der Waals surface area contributed by atoms with Crippen LogP contribution in [0, 0.1) is 0 Å². The monoisotopic (exact) mass is 388 g/mol. The molecule has 0 bridgehead atoms. The Morgan fingerprint density at radius 1 is 0.750 bits per heavy atom. The van der Waals surface area contributed by atoms with Crippen molar-refractivity contribution in [2.75, 3.05) is 13.2 Å². The Balaban J connectivity index is 2.44. The van der Waals surface area contributed by atoms with E-state index in [9.17, 15) is 9.59 Å². The number of hydrogen-bond acceptors (Lipinski definition) is 8. The van der Waals surface area contributed by atoms with E-state index >= 15 is 0 Å². The van der Waals surface area contributed by atoms with Crippen molar-refractivity contribution >= 4 is 11.9 Å². The van der Waals surface area contributed by atoms with E-state index in [0.717, 1.165) is 0 Å². The molecule has 0 spiro atoms. The molecule has 8 heteroatoms. The molecule has 0 amide bonds. The van der Waals surface area contributed by atoms with Gasteiger partial charge in [-0.1, -0.05) is 0 Å². The summed E-state index contributed by atoms with van der Waals surface area (Å²) in [6.45, 7) is 7.40. The first-order valence-corrected chi connectivity index (χ1v) is 8.95. The lowest BCUT2D eigenvalue weighted by Crippen LogP contribution is -2.05. The van der Waals surface area contributed by atoms with Gasteiger partial charge >= 0.3 is 11.9 Å². The summed E-state index contributed by atoms with van der Waals surface area (Å²) in [5.41, 5.74) is 2.11. The van der Waals surface area contributed by atoms with Crippen molar-refractivity contribution in [2.24, 2.45) is 0 Å². The highest BCUT2D eigenvalue weighted by Crippen LogP contribution is 2.26. The van der Waals surface area contributed by atoms with E-state index in [0.29, 0.717) is 47.5 Å². The van der Waals surface area contributed by atoms with Crippen molar-refractivity contribution in [1.82, 2.24) is 9.97 Å². The van der Waals surface area contributed by atoms with Gasteiger partial charge in [0.05, 0.1) is 36.0 Å². The topological polar surface area (TPSA) is 96.8 Å². The van der Waals surface area contributed by atoms with Crippen molar-refractivity contribution in [1.29, 1.82) is 0 Å². The van der Waals surface area contributed by atoms with Crippen LogP contribution in [0.4, 0.5) is 0 Å². The summed E-state index contributed by atoms with van der Waals surface area (Å²) in [5, 5.41) is 0. The fourth-order valence-electron chi connectivity index (χ4n) is 2.38. The van der Waals surface area contributed by atoms with E-state index in [4.69, 9.17) is 18.9 Å². The molecule has 2 aromatic rings. The zero-order valence-corrected chi connectivity index (χ0v) is 16.5. The van der Waals surface area contributed by atoms with Gasteiger partial charge in [-0.15, -0.1) is 0 Å². The van der Waals surface area contributed by atoms with Crippen LogP contribution in [-0.2, 0) is 32.3 Å². The first-order valence-electron chi connectivity index (χ1n) is 8.95. The van der Waals surface area contributed by atoms with Crippen LogP contribution in [0.25, 0.3) is 11.4 Å². The maximum absolute atomic E-state index is 11.1. The molecular weight excluding hydrogens is 364 g/mol. The molecule has 0 aliphatic rings. The smallest absolute Gasteiger partial charge is 0.303 e. The Bertz CT molecular complexity index is 768. The molecule has 0 saturated carbocycles. The third-order valence-electron chi connectivity index (χ3n) is 3.43. The highest BCUT2D eigenvalue weighted by Gasteiger charge is 2.12. The zero-order valence-electron chi connectivity index (χ0n) is 16.5. The molecule has 0 aliphatic heterocycles. The summed E-state index contributed by atoms with van der Waals surface area (Å²) in [5.74, 6) is 0.371. The molecule has 0 fully saturated rings. The summed E-state index contributed by atoms with van der Waals surface area (Å²) in [6.07, 6.45) is 0. The van der Waals surface area contributed by atoms with E-state index < -0.39 is 11.9 Å². The Kier molecular flexibility index (Phi) is 7.74. The average Bonchev–Trinajstić information content (AvgIpc) is 2.65. The summed E-state index contributed by atoms with van der Waals surface area (Å²) in [7, 11) is 0. The first kappa shape index (κ1) is 21.1. The van der Waals surface area contributed by atoms with Crippen molar-refractivity contribution < 1.29 is 28.5 Å². The van der Waals surface area contributed by atoms with Gasteiger partial charge in [-0.25, -0.2) is 9.97 Å². The van der Waals surface area contributed by atoms with Crippen LogP contribution in [-0.4, -0.2) is 35.1 Å². The van der Waals surface area contributed by atoms with Crippen LogP contribution < -0.4 is 9.47 Å². The van der Waals surface area contributed by atoms with Crippen LogP contribution in [0.3, 0.4) is 0 Å². The van der Waals surface area contributed by atoms with Gasteiger partial charge in [-0.2, -0.15) is 0 Å². The van der Waals surface area contributed by atoms with Crippen LogP contribution in [0.15, 0.2) is 24.3 Å². The molecule has 150 valence electrons. The maximum atomic E-state index is 11.1. The van der Waals surface area contributed by atoms with Crippen LogP contribution in [0.5, 0.6) is 11.5 Å². The number of rotatable bonds is 9. The van der Waals surface area contributed by atoms with Gasteiger partial charge in [0.1, 0.15) is 24.7 Å². The summed E-state index contributed by atoms with van der Waals surface area (Å²) in [4.78, 5) is 31.3. The van der Waals surface area contributed by atoms with Crippen molar-refractivity contribution in [3.63, 3.8) is 0 Å². The van der Waals surface area contributed by atoms with Gasteiger partial charge in [-0.05, 0) is 13.8 Å². The number of carbonyl (C=O) groups excluding carboxylic acids is 2. The van der Waals surface area contributed by atoms with Crippen LogP contribution in [0.1, 0.15) is 39.1 Å². The SMILES string of the molecule is CCOc1cc(COC(C)=O)nc(-c2cc(OCC)cc(COC(C)=O)n2)c1. The van der Waals surface area contributed by atoms with Gasteiger partial charge in [-0.3, -0.25) is 9.59 Å². The van der Waals surface area contributed by atoms with Crippen LogP contribution >= 0.6 is 0 Å². The van der Waals surface area contributed by atoms with Gasteiger partial charge < -0.3 is 18.9 Å². The molecule has 0 aliphatic carbocycles. The lowest BCUT2D eigenvalue weighted by atomic mass is 10.2. The number of nitrogens with zero attached hydrogens (tertiary/aromatic N) is 2. The van der Waals surface area contributed by atoms with E-state index in [1.165, 1.54) is 13.8 Å². The summed E-state index contributed by atoms with van der Waals surface area (Å²) >= 11 is 0. The largest absolute Gasteiger partial charge is 0.494 e. The normalized spacial score (nSPS) is 10.3. The number of pyridine rings is 2. The molecule has 0 unspecified atom stereocenters. The number of hydrogen-bond donors (Lipinski definition) is 0. The molecule has 2 aromatic heterocycles. The second-order valence-electron chi connectivity index (χ2n) is 5.79. The number of esters is 2. The maximum Gasteiger partial charge on any atom is 0.303 e. The molecule has 8 nitrogen and oxygen atoms in total. The lowest BCUT2D eigenvalue weighted by Gasteiger charge is -2.12. The quantitative estimate of drug-likeness (QED) is 0.605. The lowest BCUT2D eigenvalue weighted by molar-refractivity contribution is -0.143. The first-order chi connectivity index (χ1) is 13.4. The second-order valence-corrected chi connectivity index (χ2v) is 5.79. The highest BCUT2D eigenvalue weighted by molar-refractivity contribution is 5.66.